The van der Waals surface area contributed by atoms with Gasteiger partial charge in [0.1, 0.15) is 16.8 Å². The maximum atomic E-state index is 11.5. The maximum absolute atomic E-state index is 11.5. The van der Waals surface area contributed by atoms with E-state index in [0.717, 1.165) is 5.56 Å². The molecule has 0 spiro atoms. The van der Waals surface area contributed by atoms with Gasteiger partial charge in [-0.15, -0.1) is 11.3 Å². The van der Waals surface area contributed by atoms with Gasteiger partial charge in [-0.2, -0.15) is 5.26 Å². The molecule has 2 heterocycles. The number of aromatic nitrogens is 1. The van der Waals surface area contributed by atoms with Crippen molar-refractivity contribution in [1.29, 1.82) is 5.26 Å². The molecule has 5 nitrogen and oxygen atoms in total. The van der Waals surface area contributed by atoms with E-state index in [-0.39, 0.29) is 4.90 Å². The molecule has 0 unspecified atom stereocenters. The summed E-state index contributed by atoms with van der Waals surface area (Å²) in [5.41, 5.74) is 1.89. The molecule has 0 aliphatic rings. The van der Waals surface area contributed by atoms with E-state index in [1.54, 1.807) is 42.5 Å². The highest BCUT2D eigenvalue weighted by Gasteiger charge is 2.11. The van der Waals surface area contributed by atoms with Gasteiger partial charge >= 0.3 is 0 Å². The lowest BCUT2D eigenvalue weighted by atomic mass is 10.2. The summed E-state index contributed by atoms with van der Waals surface area (Å²) in [7, 11) is -3.22. The first-order valence-corrected chi connectivity index (χ1v) is 9.66. The summed E-state index contributed by atoms with van der Waals surface area (Å²) in [5, 5.41) is 11.7. The first-order chi connectivity index (χ1) is 11.5. The maximum Gasteiger partial charge on any atom is 0.175 e. The average Bonchev–Trinajstić information content (AvgIpc) is 3.23. The van der Waals surface area contributed by atoms with Crippen LogP contribution < -0.4 is 0 Å². The van der Waals surface area contributed by atoms with Gasteiger partial charge in [0.25, 0.3) is 0 Å². The molecule has 0 radical (unpaired) electrons. The Labute approximate surface area is 143 Å². The Morgan fingerprint density at radius 2 is 2.04 bits per heavy atom. The number of sulfone groups is 1. The molecule has 24 heavy (non-hydrogen) atoms. The van der Waals surface area contributed by atoms with E-state index < -0.39 is 9.84 Å². The van der Waals surface area contributed by atoms with Gasteiger partial charge in [0.2, 0.25) is 0 Å². The van der Waals surface area contributed by atoms with E-state index in [2.05, 4.69) is 11.1 Å². The van der Waals surface area contributed by atoms with E-state index in [1.807, 2.05) is 5.38 Å². The largest absolute Gasteiger partial charge is 0.465 e. The van der Waals surface area contributed by atoms with Gasteiger partial charge in [-0.1, -0.05) is 12.1 Å². The van der Waals surface area contributed by atoms with E-state index in [1.165, 1.54) is 23.9 Å². The van der Waals surface area contributed by atoms with E-state index >= 15 is 0 Å². The van der Waals surface area contributed by atoms with E-state index in [4.69, 9.17) is 4.42 Å². The minimum Gasteiger partial charge on any atom is -0.465 e. The van der Waals surface area contributed by atoms with Crippen molar-refractivity contribution in [2.45, 2.75) is 4.90 Å². The van der Waals surface area contributed by atoms with Gasteiger partial charge in [-0.3, -0.25) is 0 Å². The Bertz CT molecular complexity index is 1020. The highest BCUT2D eigenvalue weighted by molar-refractivity contribution is 7.90. The lowest BCUT2D eigenvalue weighted by molar-refractivity contribution is 0.557. The molecule has 3 aromatic rings. The highest BCUT2D eigenvalue weighted by Crippen LogP contribution is 2.28. The minimum atomic E-state index is -3.22. The number of thiazole rings is 1. The Morgan fingerprint density at radius 1 is 1.29 bits per heavy atom. The number of hydrogen-bond donors (Lipinski definition) is 0. The number of rotatable bonds is 4. The molecule has 7 heteroatoms. The van der Waals surface area contributed by atoms with Crippen molar-refractivity contribution >= 4 is 32.8 Å². The predicted molar refractivity (Wildman–Crippen MR) is 92.9 cm³/mol. The second kappa shape index (κ2) is 6.43. The Hall–Kier alpha value is -2.69. The molecular formula is C17H12N2O3S2. The summed E-state index contributed by atoms with van der Waals surface area (Å²) in [6.45, 7) is 0. The molecule has 3 rings (SSSR count). The molecule has 0 amide bonds. The summed E-state index contributed by atoms with van der Waals surface area (Å²) in [6.07, 6.45) is 4.34. The van der Waals surface area contributed by atoms with Crippen molar-refractivity contribution in [3.63, 3.8) is 0 Å². The predicted octanol–water partition coefficient (Wildman–Crippen LogP) is 3.87. The molecule has 0 atom stereocenters. The minimum absolute atomic E-state index is 0.261. The molecule has 0 aliphatic heterocycles. The Morgan fingerprint density at radius 3 is 2.62 bits per heavy atom. The van der Waals surface area contributed by atoms with E-state index in [0.29, 0.717) is 22.0 Å². The molecule has 0 N–H and O–H groups in total. The van der Waals surface area contributed by atoms with Crippen molar-refractivity contribution in [2.24, 2.45) is 0 Å². The first-order valence-electron chi connectivity index (χ1n) is 6.89. The van der Waals surface area contributed by atoms with Crippen LogP contribution in [0.1, 0.15) is 10.8 Å². The first kappa shape index (κ1) is 16.2. The number of nitrogens with zero attached hydrogens (tertiary/aromatic N) is 2. The van der Waals surface area contributed by atoms with Crippen LogP contribution in [0.2, 0.25) is 0 Å². The van der Waals surface area contributed by atoms with Gasteiger partial charge < -0.3 is 4.42 Å². The van der Waals surface area contributed by atoms with Crippen LogP contribution in [0, 0.1) is 11.3 Å². The molecule has 0 aliphatic carbocycles. The number of nitriles is 1. The van der Waals surface area contributed by atoms with Gasteiger partial charge in [0.05, 0.1) is 22.4 Å². The normalized spacial score (nSPS) is 12.1. The molecule has 0 fully saturated rings. The molecule has 1 aromatic carbocycles. The standard InChI is InChI=1S/C17H12N2O3S2/c1-24(20,21)15-6-4-12(5-7-15)16-11-23-17(19-16)13(10-18)9-14-3-2-8-22-14/h2-9,11H,1H3/b13-9-. The van der Waals surface area contributed by atoms with Gasteiger partial charge in [0.15, 0.2) is 9.84 Å². The van der Waals surface area contributed by atoms with Crippen molar-refractivity contribution in [1.82, 2.24) is 4.98 Å². The zero-order valence-corrected chi connectivity index (χ0v) is 14.3. The number of hydrogen-bond acceptors (Lipinski definition) is 6. The van der Waals surface area contributed by atoms with Crippen LogP contribution in [-0.2, 0) is 9.84 Å². The topological polar surface area (TPSA) is 84.0 Å². The van der Waals surface area contributed by atoms with Crippen molar-refractivity contribution in [3.05, 3.63) is 58.8 Å². The smallest absolute Gasteiger partial charge is 0.175 e. The number of furan rings is 1. The van der Waals surface area contributed by atoms with Crippen molar-refractivity contribution in [3.8, 4) is 17.3 Å². The molecule has 0 saturated carbocycles. The zero-order valence-electron chi connectivity index (χ0n) is 12.6. The zero-order chi connectivity index (χ0) is 17.2. The lowest BCUT2D eigenvalue weighted by Crippen LogP contribution is -1.96. The average molecular weight is 356 g/mol. The van der Waals surface area contributed by atoms with Crippen LogP contribution >= 0.6 is 11.3 Å². The molecule has 0 bridgehead atoms. The van der Waals surface area contributed by atoms with Gasteiger partial charge in [-0.05, 0) is 24.3 Å². The second-order valence-corrected chi connectivity index (χ2v) is 7.89. The van der Waals surface area contributed by atoms with Crippen molar-refractivity contribution < 1.29 is 12.8 Å². The third-order valence-corrected chi connectivity index (χ3v) is 5.27. The molecule has 0 saturated heterocycles. The SMILES string of the molecule is CS(=O)(=O)c1ccc(-c2csc(/C(C#N)=C\c3ccco3)n2)cc1. The Balaban J connectivity index is 1.92. The van der Waals surface area contributed by atoms with Gasteiger partial charge in [0, 0.05) is 23.3 Å². The molecule has 2 aromatic heterocycles. The van der Waals surface area contributed by atoms with Crippen LogP contribution in [0.5, 0.6) is 0 Å². The fourth-order valence-corrected chi connectivity index (χ4v) is 3.49. The molecule has 120 valence electrons. The second-order valence-electron chi connectivity index (χ2n) is 5.02. The summed E-state index contributed by atoms with van der Waals surface area (Å²) >= 11 is 1.35. The van der Waals surface area contributed by atoms with Crippen LogP contribution in [0.15, 0.2) is 57.4 Å². The Kier molecular flexibility index (Phi) is 4.34. The lowest BCUT2D eigenvalue weighted by Gasteiger charge is -2.00. The van der Waals surface area contributed by atoms with Gasteiger partial charge in [-0.25, -0.2) is 13.4 Å². The molecular weight excluding hydrogens is 344 g/mol. The fourth-order valence-electron chi connectivity index (χ4n) is 2.06. The van der Waals surface area contributed by atoms with E-state index in [9.17, 15) is 13.7 Å². The van der Waals surface area contributed by atoms with Crippen LogP contribution in [-0.4, -0.2) is 19.7 Å². The summed E-state index contributed by atoms with van der Waals surface area (Å²) < 4.78 is 28.2. The fraction of sp³-hybridized carbons (Fsp3) is 0.0588. The quantitative estimate of drug-likeness (QED) is 0.663. The third-order valence-electron chi connectivity index (χ3n) is 3.26. The summed E-state index contributed by atoms with van der Waals surface area (Å²) in [5.74, 6) is 0.584. The summed E-state index contributed by atoms with van der Waals surface area (Å²) in [4.78, 5) is 4.72. The number of allylic oxidation sites excluding steroid dienone is 1. The monoisotopic (exact) mass is 356 g/mol. The van der Waals surface area contributed by atoms with Crippen molar-refractivity contribution in [2.75, 3.05) is 6.26 Å². The van der Waals surface area contributed by atoms with Crippen LogP contribution in [0.25, 0.3) is 22.9 Å². The number of benzene rings is 1. The third kappa shape index (κ3) is 3.45. The van der Waals surface area contributed by atoms with Crippen LogP contribution in [0.3, 0.4) is 0 Å². The van der Waals surface area contributed by atoms with Crippen LogP contribution in [0.4, 0.5) is 0 Å². The summed E-state index contributed by atoms with van der Waals surface area (Å²) in [6, 6.07) is 12.1. The highest BCUT2D eigenvalue weighted by atomic mass is 32.2.